The quantitative estimate of drug-likeness (QED) is 0.774. The summed E-state index contributed by atoms with van der Waals surface area (Å²) in [4.78, 5) is 0. The van der Waals surface area contributed by atoms with Crippen LogP contribution in [0.3, 0.4) is 0 Å². The first-order chi connectivity index (χ1) is 5.75. The number of aryl methyl sites for hydroxylation is 1. The van der Waals surface area contributed by atoms with Crippen LogP contribution in [0.5, 0.6) is 0 Å². The van der Waals surface area contributed by atoms with Gasteiger partial charge >= 0.3 is 0 Å². The van der Waals surface area contributed by atoms with E-state index < -0.39 is 0 Å². The largest absolute Gasteiger partial charge is 0.361 e. The molecular weight excluding hydrogens is 242 g/mol. The van der Waals surface area contributed by atoms with Gasteiger partial charge < -0.3 is 4.52 Å². The number of hydrogen-bond donors (Lipinski definition) is 0. The van der Waals surface area contributed by atoms with E-state index in [9.17, 15) is 0 Å². The van der Waals surface area contributed by atoms with Gasteiger partial charge in [0, 0.05) is 6.07 Å². The van der Waals surface area contributed by atoms with Crippen LogP contribution >= 0.6 is 27.3 Å². The average molecular weight is 246 g/mol. The van der Waals surface area contributed by atoms with Crippen LogP contribution in [-0.2, 0) is 0 Å². The molecule has 0 fully saturated rings. The summed E-state index contributed by atoms with van der Waals surface area (Å²) in [6.07, 6.45) is 0. The van der Waals surface area contributed by atoms with E-state index in [1.54, 1.807) is 0 Å². The Morgan fingerprint density at radius 1 is 1.50 bits per heavy atom. The van der Waals surface area contributed by atoms with Crippen molar-refractivity contribution >= 4 is 27.3 Å². The lowest BCUT2D eigenvalue weighted by atomic mass is 10.4. The lowest BCUT2D eigenvalue weighted by molar-refractivity contribution is 0.399. The molecule has 2 aromatic rings. The molecule has 0 aliphatic rings. The highest BCUT2D eigenvalue weighted by molar-refractivity contribution is 9.11. The maximum atomic E-state index is 4.90. The zero-order valence-corrected chi connectivity index (χ0v) is 8.52. The first-order valence-corrected chi connectivity index (χ1v) is 4.79. The predicted octanol–water partition coefficient (Wildman–Crippen LogP) is 2.26. The van der Waals surface area contributed by atoms with Crippen molar-refractivity contribution in [3.63, 3.8) is 0 Å². The summed E-state index contributed by atoms with van der Waals surface area (Å²) < 4.78 is 5.65. The Labute approximate surface area is 80.7 Å². The SMILES string of the molecule is Cc1cc(-c2nnc(Br)s2)no1. The monoisotopic (exact) mass is 245 g/mol. The van der Waals surface area contributed by atoms with Crippen molar-refractivity contribution in [3.05, 3.63) is 15.7 Å². The topological polar surface area (TPSA) is 51.8 Å². The van der Waals surface area contributed by atoms with Gasteiger partial charge in [0.2, 0.25) is 0 Å². The molecule has 4 nitrogen and oxygen atoms in total. The third-order valence-corrected chi connectivity index (χ3v) is 2.63. The van der Waals surface area contributed by atoms with Gasteiger partial charge in [-0.2, -0.15) is 0 Å². The molecule has 2 heterocycles. The number of halogens is 1. The van der Waals surface area contributed by atoms with Crippen LogP contribution in [0.2, 0.25) is 0 Å². The minimum absolute atomic E-state index is 0.732. The maximum absolute atomic E-state index is 4.90. The van der Waals surface area contributed by atoms with E-state index in [0.717, 1.165) is 20.4 Å². The van der Waals surface area contributed by atoms with Crippen LogP contribution in [0.15, 0.2) is 14.5 Å². The van der Waals surface area contributed by atoms with Gasteiger partial charge in [0.15, 0.2) is 8.92 Å². The third kappa shape index (κ3) is 1.39. The summed E-state index contributed by atoms with van der Waals surface area (Å²) >= 11 is 4.65. The molecule has 0 aliphatic carbocycles. The Kier molecular flexibility index (Phi) is 1.93. The molecule has 0 saturated heterocycles. The van der Waals surface area contributed by atoms with Crippen LogP contribution in [0.1, 0.15) is 5.76 Å². The van der Waals surface area contributed by atoms with Crippen molar-refractivity contribution in [2.24, 2.45) is 0 Å². The van der Waals surface area contributed by atoms with Crippen molar-refractivity contribution in [3.8, 4) is 10.7 Å². The summed E-state index contributed by atoms with van der Waals surface area (Å²) in [6.45, 7) is 1.84. The van der Waals surface area contributed by atoms with E-state index in [1.165, 1.54) is 11.3 Å². The Balaban J connectivity index is 2.43. The van der Waals surface area contributed by atoms with Crippen LogP contribution in [0.25, 0.3) is 10.7 Å². The Bertz CT molecular complexity index is 359. The molecule has 0 bridgehead atoms. The van der Waals surface area contributed by atoms with Crippen molar-refractivity contribution < 1.29 is 4.52 Å². The van der Waals surface area contributed by atoms with Gasteiger partial charge in [-0.15, -0.1) is 10.2 Å². The third-order valence-electron chi connectivity index (χ3n) is 1.25. The lowest BCUT2D eigenvalue weighted by Gasteiger charge is -1.78. The standard InChI is InChI=1S/C6H4BrN3OS/c1-3-2-4(10-11-3)5-8-9-6(7)12-5/h2H,1H3. The van der Waals surface area contributed by atoms with E-state index in [-0.39, 0.29) is 0 Å². The zero-order valence-electron chi connectivity index (χ0n) is 6.11. The van der Waals surface area contributed by atoms with Crippen molar-refractivity contribution in [2.75, 3.05) is 0 Å². The highest BCUT2D eigenvalue weighted by Crippen LogP contribution is 2.25. The molecule has 6 heteroatoms. The summed E-state index contributed by atoms with van der Waals surface area (Å²) in [5.74, 6) is 0.774. The summed E-state index contributed by atoms with van der Waals surface area (Å²) in [7, 11) is 0. The molecule has 0 N–H and O–H groups in total. The van der Waals surface area contributed by atoms with Crippen LogP contribution in [-0.4, -0.2) is 15.4 Å². The van der Waals surface area contributed by atoms with Crippen molar-refractivity contribution in [1.82, 2.24) is 15.4 Å². The maximum Gasteiger partial charge on any atom is 0.183 e. The van der Waals surface area contributed by atoms with E-state index in [2.05, 4.69) is 31.3 Å². The molecule has 12 heavy (non-hydrogen) atoms. The van der Waals surface area contributed by atoms with Crippen LogP contribution < -0.4 is 0 Å². The van der Waals surface area contributed by atoms with Crippen molar-refractivity contribution in [2.45, 2.75) is 6.92 Å². The smallest absolute Gasteiger partial charge is 0.183 e. The molecule has 0 aliphatic heterocycles. The Morgan fingerprint density at radius 3 is 2.83 bits per heavy atom. The van der Waals surface area contributed by atoms with E-state index in [4.69, 9.17) is 4.52 Å². The highest BCUT2D eigenvalue weighted by atomic mass is 79.9. The second-order valence-electron chi connectivity index (χ2n) is 2.18. The van der Waals surface area contributed by atoms with Gasteiger partial charge in [0.25, 0.3) is 0 Å². The molecule has 62 valence electrons. The molecule has 0 aromatic carbocycles. The van der Waals surface area contributed by atoms with Gasteiger partial charge in [-0.25, -0.2) is 0 Å². The molecule has 0 radical (unpaired) electrons. The normalized spacial score (nSPS) is 10.5. The Hall–Kier alpha value is -0.750. The number of hydrogen-bond acceptors (Lipinski definition) is 5. The van der Waals surface area contributed by atoms with Gasteiger partial charge in [-0.1, -0.05) is 16.5 Å². The molecule has 0 saturated carbocycles. The Morgan fingerprint density at radius 2 is 2.33 bits per heavy atom. The fraction of sp³-hybridized carbons (Fsp3) is 0.167. The number of nitrogens with zero attached hydrogens (tertiary/aromatic N) is 3. The summed E-state index contributed by atoms with van der Waals surface area (Å²) in [5, 5.41) is 12.3. The second-order valence-corrected chi connectivity index (χ2v) is 4.44. The molecule has 0 spiro atoms. The molecule has 2 rings (SSSR count). The fourth-order valence-corrected chi connectivity index (χ4v) is 1.84. The average Bonchev–Trinajstić information content (AvgIpc) is 2.58. The summed E-state index contributed by atoms with van der Waals surface area (Å²) in [5.41, 5.74) is 0.732. The number of rotatable bonds is 1. The fourth-order valence-electron chi connectivity index (χ4n) is 0.776. The molecule has 0 amide bonds. The van der Waals surface area contributed by atoms with Gasteiger partial charge in [0.1, 0.15) is 11.5 Å². The zero-order chi connectivity index (χ0) is 8.55. The molecule has 0 atom stereocenters. The lowest BCUT2D eigenvalue weighted by Crippen LogP contribution is -1.74. The first-order valence-electron chi connectivity index (χ1n) is 3.18. The molecular formula is C6H4BrN3OS. The predicted molar refractivity (Wildman–Crippen MR) is 47.8 cm³/mol. The first kappa shape index (κ1) is 7.88. The highest BCUT2D eigenvalue weighted by Gasteiger charge is 2.08. The van der Waals surface area contributed by atoms with Crippen LogP contribution in [0, 0.1) is 6.92 Å². The van der Waals surface area contributed by atoms with E-state index in [1.807, 2.05) is 13.0 Å². The summed E-state index contributed by atoms with van der Waals surface area (Å²) in [6, 6.07) is 1.83. The second kappa shape index (κ2) is 2.95. The molecule has 2 aromatic heterocycles. The van der Waals surface area contributed by atoms with Gasteiger partial charge in [-0.05, 0) is 22.9 Å². The van der Waals surface area contributed by atoms with Crippen molar-refractivity contribution in [1.29, 1.82) is 0 Å². The minimum atomic E-state index is 0.732. The molecule has 0 unspecified atom stereocenters. The van der Waals surface area contributed by atoms with Crippen LogP contribution in [0.4, 0.5) is 0 Å². The minimum Gasteiger partial charge on any atom is -0.361 e. The van der Waals surface area contributed by atoms with E-state index in [0.29, 0.717) is 0 Å². The van der Waals surface area contributed by atoms with Gasteiger partial charge in [-0.3, -0.25) is 0 Å². The number of aromatic nitrogens is 3. The van der Waals surface area contributed by atoms with Gasteiger partial charge in [0.05, 0.1) is 0 Å². The van der Waals surface area contributed by atoms with E-state index >= 15 is 0 Å².